The van der Waals surface area contributed by atoms with E-state index in [4.69, 9.17) is 21.1 Å². The summed E-state index contributed by atoms with van der Waals surface area (Å²) in [5.41, 5.74) is 4.08. The first kappa shape index (κ1) is 23.2. The van der Waals surface area contributed by atoms with E-state index in [1.165, 1.54) is 0 Å². The van der Waals surface area contributed by atoms with Crippen LogP contribution in [0.2, 0.25) is 5.02 Å². The lowest BCUT2D eigenvalue weighted by Crippen LogP contribution is -2.30. The van der Waals surface area contributed by atoms with Gasteiger partial charge in [-0.15, -0.1) is 0 Å². The van der Waals surface area contributed by atoms with Gasteiger partial charge in [0.25, 0.3) is 5.91 Å². The van der Waals surface area contributed by atoms with Crippen molar-refractivity contribution in [2.24, 2.45) is 0 Å². The molecule has 2 aromatic carbocycles. The highest BCUT2D eigenvalue weighted by Gasteiger charge is 2.42. The average molecular weight is 468 g/mol. The zero-order chi connectivity index (χ0) is 23.4. The molecule has 0 fully saturated rings. The van der Waals surface area contributed by atoms with E-state index < -0.39 is 0 Å². The first-order chi connectivity index (χ1) is 16.1. The molecule has 0 bridgehead atoms. The molecule has 0 radical (unpaired) electrons. The molecule has 4 rings (SSSR count). The van der Waals surface area contributed by atoms with Gasteiger partial charge in [0, 0.05) is 22.7 Å². The number of carbonyl (C=O) groups excluding carboxylic acids is 1. The number of aromatic nitrogens is 2. The Bertz CT molecular complexity index is 1110. The van der Waals surface area contributed by atoms with Crippen molar-refractivity contribution in [3.63, 3.8) is 0 Å². The van der Waals surface area contributed by atoms with E-state index in [1.807, 2.05) is 54.3 Å². The van der Waals surface area contributed by atoms with Crippen LogP contribution in [-0.4, -0.2) is 40.8 Å². The number of H-pyrrole nitrogens is 1. The first-order valence-corrected chi connectivity index (χ1v) is 12.0. The second-order valence-electron chi connectivity index (χ2n) is 8.11. The van der Waals surface area contributed by atoms with Gasteiger partial charge in [-0.3, -0.25) is 9.89 Å². The summed E-state index contributed by atoms with van der Waals surface area (Å²) in [6.45, 7) is 7.99. The third-order valence-electron chi connectivity index (χ3n) is 5.78. The molecule has 33 heavy (non-hydrogen) atoms. The quantitative estimate of drug-likeness (QED) is 0.357. The van der Waals surface area contributed by atoms with Crippen molar-refractivity contribution in [3.05, 3.63) is 64.3 Å². The standard InChI is InChI=1S/C26H30ClN3O3/c1-4-7-15-33-20-13-10-18(16-21(20)32-6-3)25-22-23(17-8-11-19(27)12-9-17)28-29-24(22)26(31)30(25)14-5-2/h8-13,16,25H,4-7,14-15H2,1-3H3,(H,28,29). The molecule has 0 spiro atoms. The Morgan fingerprint density at radius 1 is 1.03 bits per heavy atom. The molecular weight excluding hydrogens is 438 g/mol. The summed E-state index contributed by atoms with van der Waals surface area (Å²) in [4.78, 5) is 15.2. The van der Waals surface area contributed by atoms with Crippen LogP contribution in [0.4, 0.5) is 0 Å². The molecule has 1 N–H and O–H groups in total. The van der Waals surface area contributed by atoms with Crippen molar-refractivity contribution in [1.82, 2.24) is 15.1 Å². The van der Waals surface area contributed by atoms with Crippen molar-refractivity contribution in [2.75, 3.05) is 19.8 Å². The predicted molar refractivity (Wildman–Crippen MR) is 130 cm³/mol. The molecule has 2 heterocycles. The highest BCUT2D eigenvalue weighted by atomic mass is 35.5. The Morgan fingerprint density at radius 3 is 2.52 bits per heavy atom. The summed E-state index contributed by atoms with van der Waals surface area (Å²) < 4.78 is 11.9. The minimum atomic E-state index is -0.263. The molecular formula is C26H30ClN3O3. The number of carbonyl (C=O) groups is 1. The Hall–Kier alpha value is -2.99. The third kappa shape index (κ3) is 4.58. The maximum atomic E-state index is 13.3. The molecule has 0 saturated carbocycles. The third-order valence-corrected chi connectivity index (χ3v) is 6.04. The van der Waals surface area contributed by atoms with Crippen molar-refractivity contribution < 1.29 is 14.3 Å². The minimum Gasteiger partial charge on any atom is -0.490 e. The van der Waals surface area contributed by atoms with Gasteiger partial charge in [-0.25, -0.2) is 0 Å². The van der Waals surface area contributed by atoms with Gasteiger partial charge in [0.05, 0.1) is 24.9 Å². The topological polar surface area (TPSA) is 67.5 Å². The summed E-state index contributed by atoms with van der Waals surface area (Å²) in [7, 11) is 0. The maximum absolute atomic E-state index is 13.3. The lowest BCUT2D eigenvalue weighted by Gasteiger charge is -2.26. The van der Waals surface area contributed by atoms with E-state index in [9.17, 15) is 4.79 Å². The van der Waals surface area contributed by atoms with Crippen LogP contribution in [0.1, 0.15) is 67.7 Å². The average Bonchev–Trinajstić information content (AvgIpc) is 3.35. The number of rotatable bonds is 10. The largest absolute Gasteiger partial charge is 0.490 e. The highest BCUT2D eigenvalue weighted by Crippen LogP contribution is 2.44. The van der Waals surface area contributed by atoms with Crippen molar-refractivity contribution >= 4 is 17.5 Å². The van der Waals surface area contributed by atoms with E-state index in [1.54, 1.807) is 0 Å². The second kappa shape index (κ2) is 10.3. The number of nitrogens with zero attached hydrogens (tertiary/aromatic N) is 2. The molecule has 0 saturated heterocycles. The molecule has 1 unspecified atom stereocenters. The molecule has 7 heteroatoms. The predicted octanol–water partition coefficient (Wildman–Crippen LogP) is 6.26. The van der Waals surface area contributed by atoms with Gasteiger partial charge in [0.15, 0.2) is 11.5 Å². The van der Waals surface area contributed by atoms with Gasteiger partial charge in [-0.2, -0.15) is 5.10 Å². The number of nitrogens with one attached hydrogen (secondary N) is 1. The molecule has 1 amide bonds. The van der Waals surface area contributed by atoms with Crippen LogP contribution >= 0.6 is 11.6 Å². The summed E-state index contributed by atoms with van der Waals surface area (Å²) in [5.74, 6) is 1.39. The van der Waals surface area contributed by atoms with Gasteiger partial charge < -0.3 is 14.4 Å². The van der Waals surface area contributed by atoms with Gasteiger partial charge >= 0.3 is 0 Å². The molecule has 3 aromatic rings. The lowest BCUT2D eigenvalue weighted by molar-refractivity contribution is 0.0743. The van der Waals surface area contributed by atoms with Crippen molar-refractivity contribution in [2.45, 2.75) is 46.1 Å². The summed E-state index contributed by atoms with van der Waals surface area (Å²) in [6, 6.07) is 13.2. The number of unbranched alkanes of at least 4 members (excludes halogenated alkanes) is 1. The highest BCUT2D eigenvalue weighted by molar-refractivity contribution is 6.30. The summed E-state index contributed by atoms with van der Waals surface area (Å²) in [5, 5.41) is 8.16. The van der Waals surface area contributed by atoms with Crippen molar-refractivity contribution in [1.29, 1.82) is 0 Å². The molecule has 0 aliphatic carbocycles. The normalized spacial score (nSPS) is 15.1. The van der Waals surface area contributed by atoms with E-state index in [-0.39, 0.29) is 11.9 Å². The smallest absolute Gasteiger partial charge is 0.273 e. The fourth-order valence-electron chi connectivity index (χ4n) is 4.25. The van der Waals surface area contributed by atoms with Crippen molar-refractivity contribution in [3.8, 4) is 22.8 Å². The number of amides is 1. The molecule has 1 aliphatic heterocycles. The zero-order valence-corrected chi connectivity index (χ0v) is 20.1. The van der Waals surface area contributed by atoms with Gasteiger partial charge in [-0.1, -0.05) is 50.1 Å². The van der Waals surface area contributed by atoms with E-state index in [0.29, 0.717) is 36.2 Å². The first-order valence-electron chi connectivity index (χ1n) is 11.6. The van der Waals surface area contributed by atoms with Crippen LogP contribution in [0.15, 0.2) is 42.5 Å². The number of halogens is 1. The van der Waals surface area contributed by atoms with Gasteiger partial charge in [0.1, 0.15) is 5.69 Å². The van der Waals surface area contributed by atoms with Gasteiger partial charge in [-0.05, 0) is 49.6 Å². The Balaban J connectivity index is 1.79. The SMILES string of the molecule is CCCCOc1ccc(C2c3c(-c4ccc(Cl)cc4)n[nH]c3C(=O)N2CCC)cc1OCC. The van der Waals surface area contributed by atoms with Crippen LogP contribution in [0.3, 0.4) is 0 Å². The zero-order valence-electron chi connectivity index (χ0n) is 19.4. The van der Waals surface area contributed by atoms with E-state index in [2.05, 4.69) is 24.0 Å². The number of aromatic amines is 1. The van der Waals surface area contributed by atoms with Crippen LogP contribution in [0.5, 0.6) is 11.5 Å². The summed E-state index contributed by atoms with van der Waals surface area (Å²) >= 11 is 6.09. The Morgan fingerprint density at radius 2 is 1.82 bits per heavy atom. The van der Waals surface area contributed by atoms with Crippen LogP contribution < -0.4 is 9.47 Å². The molecule has 1 atom stereocenters. The molecule has 1 aromatic heterocycles. The number of hydrogen-bond donors (Lipinski definition) is 1. The maximum Gasteiger partial charge on any atom is 0.273 e. The van der Waals surface area contributed by atoms with Crippen LogP contribution in [-0.2, 0) is 0 Å². The van der Waals surface area contributed by atoms with E-state index in [0.717, 1.165) is 47.4 Å². The minimum absolute atomic E-state index is 0.0363. The van der Waals surface area contributed by atoms with E-state index >= 15 is 0 Å². The van der Waals surface area contributed by atoms with Crippen LogP contribution in [0.25, 0.3) is 11.3 Å². The molecule has 1 aliphatic rings. The summed E-state index contributed by atoms with van der Waals surface area (Å²) in [6.07, 6.45) is 2.90. The monoisotopic (exact) mass is 467 g/mol. The number of fused-ring (bicyclic) bond motifs is 1. The van der Waals surface area contributed by atoms with Gasteiger partial charge in [0.2, 0.25) is 0 Å². The Kier molecular flexibility index (Phi) is 7.23. The second-order valence-corrected chi connectivity index (χ2v) is 8.55. The fraction of sp³-hybridized carbons (Fsp3) is 0.385. The van der Waals surface area contributed by atoms with Crippen LogP contribution in [0, 0.1) is 0 Å². The number of ether oxygens (including phenoxy) is 2. The Labute approximate surface area is 199 Å². The number of hydrogen-bond acceptors (Lipinski definition) is 4. The molecule has 6 nitrogen and oxygen atoms in total. The lowest BCUT2D eigenvalue weighted by atomic mass is 9.95. The molecule has 174 valence electrons. The number of benzene rings is 2. The fourth-order valence-corrected chi connectivity index (χ4v) is 4.38.